The molecule has 2 atom stereocenters. The zero-order valence-corrected chi connectivity index (χ0v) is 22.4. The van der Waals surface area contributed by atoms with Crippen molar-refractivity contribution >= 4 is 5.78 Å². The zero-order valence-electron chi connectivity index (χ0n) is 22.4. The molecular formula is C32H37FN2O4. The van der Waals surface area contributed by atoms with Crippen LogP contribution in [0.25, 0.3) is 0 Å². The van der Waals surface area contributed by atoms with Crippen molar-refractivity contribution in [1.82, 2.24) is 9.80 Å². The van der Waals surface area contributed by atoms with E-state index in [0.717, 1.165) is 37.1 Å². The number of Topliss-reactive ketones (excluding diaryl/α,β-unsaturated/α-hetero) is 1. The summed E-state index contributed by atoms with van der Waals surface area (Å²) >= 11 is 0. The minimum Gasteiger partial charge on any atom is -0.508 e. The Labute approximate surface area is 229 Å². The van der Waals surface area contributed by atoms with Gasteiger partial charge >= 0.3 is 0 Å². The molecule has 39 heavy (non-hydrogen) atoms. The molecule has 0 spiro atoms. The standard InChI is InChI=1S/C32H37FN2O4/c1-22-28(9-5-10-29(22)33)32(12-14-34(15-13-32)16-17-36)35-20-24(27-8-2-3-11-30(27)38)18-25(21-35)31(39)23-6-4-7-26(37)19-23/h2-11,19,24-25,36-38H,12-18,20-21H2,1H3. The molecule has 3 aromatic rings. The third kappa shape index (κ3) is 5.44. The van der Waals surface area contributed by atoms with Crippen LogP contribution in [-0.2, 0) is 5.54 Å². The number of aliphatic hydroxyl groups excluding tert-OH is 1. The average molecular weight is 533 g/mol. The fourth-order valence-electron chi connectivity index (χ4n) is 6.75. The van der Waals surface area contributed by atoms with Gasteiger partial charge in [0.05, 0.1) is 6.61 Å². The molecule has 2 fully saturated rings. The molecule has 2 saturated heterocycles. The van der Waals surface area contributed by atoms with E-state index >= 15 is 0 Å². The summed E-state index contributed by atoms with van der Waals surface area (Å²) in [7, 11) is 0. The first-order valence-electron chi connectivity index (χ1n) is 13.8. The number of benzene rings is 3. The largest absolute Gasteiger partial charge is 0.508 e. The molecule has 0 amide bonds. The summed E-state index contributed by atoms with van der Waals surface area (Å²) < 4.78 is 15.0. The van der Waals surface area contributed by atoms with Gasteiger partial charge in [-0.05, 0) is 67.1 Å². The number of halogens is 1. The summed E-state index contributed by atoms with van der Waals surface area (Å²) in [6, 6.07) is 19.0. The molecule has 6 nitrogen and oxygen atoms in total. The van der Waals surface area contributed by atoms with Crippen LogP contribution in [0.3, 0.4) is 0 Å². The summed E-state index contributed by atoms with van der Waals surface area (Å²) in [5.41, 5.74) is 2.33. The van der Waals surface area contributed by atoms with Crippen LogP contribution in [-0.4, -0.2) is 70.2 Å². The monoisotopic (exact) mass is 532 g/mol. The Balaban J connectivity index is 1.58. The number of para-hydroxylation sites is 1. The molecule has 3 N–H and O–H groups in total. The number of ketones is 1. The first-order chi connectivity index (χ1) is 18.8. The number of hydrogen-bond acceptors (Lipinski definition) is 6. The summed E-state index contributed by atoms with van der Waals surface area (Å²) in [6.45, 7) is 5.13. The van der Waals surface area contributed by atoms with Crippen LogP contribution in [0.15, 0.2) is 66.7 Å². The lowest BCUT2D eigenvalue weighted by Gasteiger charge is -2.53. The summed E-state index contributed by atoms with van der Waals surface area (Å²) in [5.74, 6) is -0.500. The minimum absolute atomic E-state index is 0.0418. The van der Waals surface area contributed by atoms with Gasteiger partial charge < -0.3 is 20.2 Å². The number of aromatic hydroxyl groups is 2. The lowest BCUT2D eigenvalue weighted by molar-refractivity contribution is -0.0168. The van der Waals surface area contributed by atoms with E-state index in [9.17, 15) is 24.5 Å². The maximum absolute atomic E-state index is 15.0. The highest BCUT2D eigenvalue weighted by Crippen LogP contribution is 2.46. The van der Waals surface area contributed by atoms with Crippen LogP contribution in [0.4, 0.5) is 4.39 Å². The Morgan fingerprint density at radius 3 is 2.46 bits per heavy atom. The number of nitrogens with zero attached hydrogens (tertiary/aromatic N) is 2. The molecule has 0 aliphatic carbocycles. The number of hydrogen-bond donors (Lipinski definition) is 3. The van der Waals surface area contributed by atoms with Crippen molar-refractivity contribution in [2.24, 2.45) is 5.92 Å². The highest BCUT2D eigenvalue weighted by atomic mass is 19.1. The molecule has 2 aliphatic rings. The number of piperidine rings is 2. The number of phenolic OH excluding ortho intramolecular Hbond substituents is 2. The molecule has 0 radical (unpaired) electrons. The van der Waals surface area contributed by atoms with Gasteiger partial charge in [0.1, 0.15) is 17.3 Å². The number of β-amino-alcohol motifs (C(OH)–C–C–N with tert-alkyl or cyclic N) is 1. The molecule has 206 valence electrons. The summed E-state index contributed by atoms with van der Waals surface area (Å²) in [4.78, 5) is 18.4. The van der Waals surface area contributed by atoms with E-state index in [0.29, 0.717) is 37.2 Å². The minimum atomic E-state index is -0.501. The van der Waals surface area contributed by atoms with Crippen molar-refractivity contribution in [1.29, 1.82) is 0 Å². The van der Waals surface area contributed by atoms with Crippen LogP contribution in [0, 0.1) is 18.7 Å². The van der Waals surface area contributed by atoms with Gasteiger partial charge in [-0.1, -0.05) is 42.5 Å². The predicted octanol–water partition coefficient (Wildman–Crippen LogP) is 4.82. The smallest absolute Gasteiger partial charge is 0.167 e. The van der Waals surface area contributed by atoms with Crippen molar-refractivity contribution in [3.05, 3.63) is 94.8 Å². The summed E-state index contributed by atoms with van der Waals surface area (Å²) in [6.07, 6.45) is 2.03. The van der Waals surface area contributed by atoms with Crippen molar-refractivity contribution in [3.63, 3.8) is 0 Å². The second kappa shape index (κ2) is 11.5. The molecule has 7 heteroatoms. The van der Waals surface area contributed by atoms with E-state index in [1.807, 2.05) is 25.1 Å². The molecule has 2 heterocycles. The topological polar surface area (TPSA) is 84.2 Å². The number of likely N-dealkylation sites (tertiary alicyclic amines) is 2. The second-order valence-electron chi connectivity index (χ2n) is 11.0. The van der Waals surface area contributed by atoms with Crippen molar-refractivity contribution in [2.45, 2.75) is 37.6 Å². The van der Waals surface area contributed by atoms with Gasteiger partial charge in [-0.25, -0.2) is 4.39 Å². The van der Waals surface area contributed by atoms with E-state index in [4.69, 9.17) is 0 Å². The molecule has 5 rings (SSSR count). The van der Waals surface area contributed by atoms with Crippen LogP contribution in [0.1, 0.15) is 52.2 Å². The average Bonchev–Trinajstić information content (AvgIpc) is 2.95. The van der Waals surface area contributed by atoms with Crippen LogP contribution >= 0.6 is 0 Å². The van der Waals surface area contributed by atoms with Gasteiger partial charge in [-0.2, -0.15) is 0 Å². The maximum Gasteiger partial charge on any atom is 0.167 e. The van der Waals surface area contributed by atoms with Crippen LogP contribution < -0.4 is 0 Å². The molecular weight excluding hydrogens is 495 g/mol. The van der Waals surface area contributed by atoms with Crippen LogP contribution in [0.2, 0.25) is 0 Å². The zero-order chi connectivity index (χ0) is 27.6. The van der Waals surface area contributed by atoms with Crippen molar-refractivity contribution < 1.29 is 24.5 Å². The fourth-order valence-corrected chi connectivity index (χ4v) is 6.75. The van der Waals surface area contributed by atoms with E-state index in [1.54, 1.807) is 36.4 Å². The van der Waals surface area contributed by atoms with E-state index in [1.165, 1.54) is 12.1 Å². The molecule has 3 aromatic carbocycles. The number of carbonyl (C=O) groups is 1. The molecule has 2 aliphatic heterocycles. The van der Waals surface area contributed by atoms with E-state index < -0.39 is 5.54 Å². The summed E-state index contributed by atoms with van der Waals surface area (Å²) in [5, 5.41) is 30.3. The second-order valence-corrected chi connectivity index (χ2v) is 11.0. The number of aliphatic hydroxyl groups is 1. The Morgan fingerprint density at radius 1 is 1.00 bits per heavy atom. The first-order valence-corrected chi connectivity index (χ1v) is 13.8. The van der Waals surface area contributed by atoms with Gasteiger partial charge in [0, 0.05) is 55.7 Å². The molecule has 0 bridgehead atoms. The Hall–Kier alpha value is -3.26. The van der Waals surface area contributed by atoms with E-state index in [2.05, 4.69) is 9.80 Å². The number of carbonyl (C=O) groups excluding carboxylic acids is 1. The Morgan fingerprint density at radius 2 is 1.74 bits per heavy atom. The predicted molar refractivity (Wildman–Crippen MR) is 149 cm³/mol. The van der Waals surface area contributed by atoms with Gasteiger partial charge in [-0.15, -0.1) is 0 Å². The fraction of sp³-hybridized carbons (Fsp3) is 0.406. The number of rotatable bonds is 7. The molecule has 0 aromatic heterocycles. The normalized spacial score (nSPS) is 22.0. The Kier molecular flexibility index (Phi) is 8.03. The van der Waals surface area contributed by atoms with Gasteiger partial charge in [0.15, 0.2) is 5.78 Å². The highest BCUT2D eigenvalue weighted by Gasteiger charge is 2.47. The van der Waals surface area contributed by atoms with Gasteiger partial charge in [-0.3, -0.25) is 9.69 Å². The van der Waals surface area contributed by atoms with E-state index in [-0.39, 0.29) is 41.5 Å². The van der Waals surface area contributed by atoms with Crippen molar-refractivity contribution in [3.8, 4) is 11.5 Å². The lowest BCUT2D eigenvalue weighted by atomic mass is 9.73. The third-order valence-corrected chi connectivity index (χ3v) is 8.80. The first kappa shape index (κ1) is 27.3. The van der Waals surface area contributed by atoms with Crippen molar-refractivity contribution in [2.75, 3.05) is 39.3 Å². The SMILES string of the molecule is Cc1c(F)cccc1C1(N2CC(C(=O)c3cccc(O)c3)CC(c3ccccc3O)C2)CCN(CCO)CC1. The quantitative estimate of drug-likeness (QED) is 0.379. The molecule has 0 saturated carbocycles. The van der Waals surface area contributed by atoms with Crippen LogP contribution in [0.5, 0.6) is 11.5 Å². The number of phenols is 2. The highest BCUT2D eigenvalue weighted by molar-refractivity contribution is 5.98. The van der Waals surface area contributed by atoms with Gasteiger partial charge in [0.2, 0.25) is 0 Å². The molecule has 2 unspecified atom stereocenters. The van der Waals surface area contributed by atoms with Gasteiger partial charge in [0.25, 0.3) is 0 Å². The Bertz CT molecular complexity index is 1320. The lowest BCUT2D eigenvalue weighted by Crippen LogP contribution is -2.58. The maximum atomic E-state index is 15.0. The third-order valence-electron chi connectivity index (χ3n) is 8.80.